The molecule has 2 heterocycles. The van der Waals surface area contributed by atoms with Crippen molar-refractivity contribution in [3.63, 3.8) is 0 Å². The maximum Gasteiger partial charge on any atom is 0.261 e. The minimum atomic E-state index is -0.144. The molecule has 2 aromatic carbocycles. The molecule has 3 aliphatic rings. The van der Waals surface area contributed by atoms with Crippen molar-refractivity contribution in [2.24, 2.45) is 0 Å². The van der Waals surface area contributed by atoms with E-state index in [-0.39, 0.29) is 17.4 Å². The van der Waals surface area contributed by atoms with Crippen LogP contribution in [0.1, 0.15) is 63.9 Å². The highest BCUT2D eigenvalue weighted by atomic mass is 16.5. The highest BCUT2D eigenvalue weighted by molar-refractivity contribution is 6.21. The van der Waals surface area contributed by atoms with Crippen LogP contribution in [0.4, 0.5) is 0 Å². The Labute approximate surface area is 184 Å². The van der Waals surface area contributed by atoms with E-state index >= 15 is 0 Å². The minimum absolute atomic E-state index is 0.144. The normalized spacial score (nSPS) is 23.2. The number of imide groups is 1. The lowest BCUT2D eigenvalue weighted by Crippen LogP contribution is -2.55. The van der Waals surface area contributed by atoms with Gasteiger partial charge in [-0.3, -0.25) is 19.4 Å². The van der Waals surface area contributed by atoms with E-state index < -0.39 is 0 Å². The smallest absolute Gasteiger partial charge is 0.261 e. The monoisotopic (exact) mass is 418 g/mol. The second-order valence-corrected chi connectivity index (χ2v) is 9.14. The molecule has 1 spiro atoms. The fourth-order valence-corrected chi connectivity index (χ4v) is 5.79. The van der Waals surface area contributed by atoms with E-state index in [0.717, 1.165) is 38.1 Å². The molecule has 5 heteroatoms. The first kappa shape index (κ1) is 20.3. The highest BCUT2D eigenvalue weighted by Gasteiger charge is 2.41. The molecule has 1 fully saturated rings. The van der Waals surface area contributed by atoms with Gasteiger partial charge in [0.15, 0.2) is 0 Å². The van der Waals surface area contributed by atoms with Crippen LogP contribution in [-0.2, 0) is 12.8 Å². The molecule has 2 aliphatic heterocycles. The van der Waals surface area contributed by atoms with Crippen LogP contribution >= 0.6 is 0 Å². The largest absolute Gasteiger partial charge is 0.497 e. The van der Waals surface area contributed by atoms with Crippen molar-refractivity contribution in [3.8, 4) is 5.75 Å². The molecule has 2 aromatic rings. The minimum Gasteiger partial charge on any atom is -0.497 e. The maximum atomic E-state index is 12.7. The zero-order chi connectivity index (χ0) is 21.4. The molecule has 5 nitrogen and oxygen atoms in total. The quantitative estimate of drug-likeness (QED) is 0.686. The summed E-state index contributed by atoms with van der Waals surface area (Å²) >= 11 is 0. The lowest BCUT2D eigenvalue weighted by Gasteiger charge is -2.50. The summed E-state index contributed by atoms with van der Waals surface area (Å²) in [4.78, 5) is 29.4. The van der Waals surface area contributed by atoms with Crippen LogP contribution in [0.3, 0.4) is 0 Å². The Morgan fingerprint density at radius 1 is 0.935 bits per heavy atom. The van der Waals surface area contributed by atoms with Crippen molar-refractivity contribution in [3.05, 3.63) is 64.7 Å². The van der Waals surface area contributed by atoms with Gasteiger partial charge in [-0.2, -0.15) is 0 Å². The average molecular weight is 419 g/mol. The van der Waals surface area contributed by atoms with Gasteiger partial charge in [0.25, 0.3) is 11.8 Å². The van der Waals surface area contributed by atoms with Crippen molar-refractivity contribution in [2.75, 3.05) is 26.7 Å². The van der Waals surface area contributed by atoms with Gasteiger partial charge in [-0.15, -0.1) is 0 Å². The molecule has 5 rings (SSSR count). The van der Waals surface area contributed by atoms with Crippen LogP contribution in [0.15, 0.2) is 42.5 Å². The number of carbonyl (C=O) groups excluding carboxylic acids is 2. The molecule has 162 valence electrons. The van der Waals surface area contributed by atoms with Crippen molar-refractivity contribution in [1.29, 1.82) is 0 Å². The molecule has 31 heavy (non-hydrogen) atoms. The Morgan fingerprint density at radius 2 is 1.71 bits per heavy atom. The van der Waals surface area contributed by atoms with Crippen molar-refractivity contribution in [2.45, 2.75) is 50.5 Å². The molecule has 0 radical (unpaired) electrons. The van der Waals surface area contributed by atoms with Crippen LogP contribution in [0.25, 0.3) is 0 Å². The van der Waals surface area contributed by atoms with Gasteiger partial charge in [0, 0.05) is 18.6 Å². The van der Waals surface area contributed by atoms with E-state index in [1.54, 1.807) is 19.2 Å². The number of amides is 2. The van der Waals surface area contributed by atoms with Crippen LogP contribution in [-0.4, -0.2) is 53.9 Å². The molecule has 1 unspecified atom stereocenters. The van der Waals surface area contributed by atoms with Gasteiger partial charge in [-0.05, 0) is 80.5 Å². The molecule has 0 bridgehead atoms. The summed E-state index contributed by atoms with van der Waals surface area (Å²) in [6.45, 7) is 2.53. The number of benzene rings is 2. The number of piperidine rings is 1. The molecule has 0 N–H and O–H groups in total. The predicted molar refractivity (Wildman–Crippen MR) is 120 cm³/mol. The van der Waals surface area contributed by atoms with Crippen LogP contribution in [0.5, 0.6) is 5.75 Å². The predicted octanol–water partition coefficient (Wildman–Crippen LogP) is 4.09. The average Bonchev–Trinajstić information content (AvgIpc) is 3.05. The van der Waals surface area contributed by atoms with Crippen molar-refractivity contribution in [1.82, 2.24) is 9.80 Å². The Bertz CT molecular complexity index is 982. The third kappa shape index (κ3) is 3.55. The summed E-state index contributed by atoms with van der Waals surface area (Å²) in [6, 6.07) is 13.7. The zero-order valence-corrected chi connectivity index (χ0v) is 18.2. The van der Waals surface area contributed by atoms with E-state index in [4.69, 9.17) is 4.74 Å². The fraction of sp³-hybridized carbons (Fsp3) is 0.462. The number of ether oxygens (including phenoxy) is 1. The van der Waals surface area contributed by atoms with Gasteiger partial charge in [0.05, 0.1) is 18.2 Å². The first-order chi connectivity index (χ1) is 15.1. The number of nitrogens with zero attached hydrogens (tertiary/aromatic N) is 2. The molecule has 0 saturated carbocycles. The zero-order valence-electron chi connectivity index (χ0n) is 18.2. The number of hydrogen-bond donors (Lipinski definition) is 0. The maximum absolute atomic E-state index is 12.7. The molecule has 1 saturated heterocycles. The highest BCUT2D eigenvalue weighted by Crippen LogP contribution is 2.40. The summed E-state index contributed by atoms with van der Waals surface area (Å²) in [5.41, 5.74) is 4.16. The summed E-state index contributed by atoms with van der Waals surface area (Å²) in [7, 11) is 1.73. The van der Waals surface area contributed by atoms with E-state index in [1.165, 1.54) is 41.7 Å². The second-order valence-electron chi connectivity index (χ2n) is 9.14. The number of aryl methyl sites for hydroxylation is 1. The number of carbonyl (C=O) groups is 2. The Kier molecular flexibility index (Phi) is 5.30. The summed E-state index contributed by atoms with van der Waals surface area (Å²) in [6.07, 6.45) is 7.89. The van der Waals surface area contributed by atoms with Crippen LogP contribution in [0.2, 0.25) is 0 Å². The number of hydrogen-bond acceptors (Lipinski definition) is 4. The van der Waals surface area contributed by atoms with E-state index in [2.05, 4.69) is 23.1 Å². The third-order valence-electron chi connectivity index (χ3n) is 7.47. The fourth-order valence-electron chi connectivity index (χ4n) is 5.79. The lowest BCUT2D eigenvalue weighted by molar-refractivity contribution is 0.0303. The van der Waals surface area contributed by atoms with Crippen LogP contribution < -0.4 is 4.74 Å². The van der Waals surface area contributed by atoms with Gasteiger partial charge in [-0.25, -0.2) is 0 Å². The number of fused-ring (bicyclic) bond motifs is 2. The first-order valence-electron chi connectivity index (χ1n) is 11.5. The topological polar surface area (TPSA) is 49.9 Å². The van der Waals surface area contributed by atoms with Gasteiger partial charge in [-0.1, -0.05) is 24.6 Å². The Morgan fingerprint density at radius 3 is 2.45 bits per heavy atom. The molecule has 2 amide bonds. The van der Waals surface area contributed by atoms with Gasteiger partial charge in [0.1, 0.15) is 5.75 Å². The summed E-state index contributed by atoms with van der Waals surface area (Å²) in [5.74, 6) is 0.653. The van der Waals surface area contributed by atoms with E-state index in [0.29, 0.717) is 17.7 Å². The van der Waals surface area contributed by atoms with Gasteiger partial charge < -0.3 is 4.74 Å². The van der Waals surface area contributed by atoms with Gasteiger partial charge in [0.2, 0.25) is 0 Å². The molecular formula is C26H30N2O3. The molecular weight excluding hydrogens is 388 g/mol. The number of likely N-dealkylation sites (tertiary alicyclic amines) is 1. The first-order valence-corrected chi connectivity index (χ1v) is 11.5. The van der Waals surface area contributed by atoms with Crippen LogP contribution in [0, 0.1) is 0 Å². The molecule has 1 atom stereocenters. The molecule has 0 aromatic heterocycles. The standard InChI is InChI=1S/C26H30N2O3/c1-31-21-10-9-20-18-26(13-11-19(20)17-21)12-4-5-14-27(26)15-6-16-28-24(29)22-7-2-3-8-23(22)25(28)30/h2-3,7-10,17H,4-6,11-16,18H2,1H3. The Hall–Kier alpha value is -2.66. The lowest BCUT2D eigenvalue weighted by atomic mass is 9.72. The number of methoxy groups -OCH3 is 1. The second kappa shape index (κ2) is 8.12. The molecule has 1 aliphatic carbocycles. The summed E-state index contributed by atoms with van der Waals surface area (Å²) < 4.78 is 5.41. The van der Waals surface area contributed by atoms with Crippen molar-refractivity contribution >= 4 is 11.8 Å². The Balaban J connectivity index is 1.26. The van der Waals surface area contributed by atoms with E-state index in [1.807, 2.05) is 12.1 Å². The van der Waals surface area contributed by atoms with Gasteiger partial charge >= 0.3 is 0 Å². The van der Waals surface area contributed by atoms with Crippen molar-refractivity contribution < 1.29 is 14.3 Å². The SMILES string of the molecule is COc1ccc2c(c1)CCC1(CCCCN1CCCN1C(=O)c3ccccc3C1=O)C2. The third-order valence-corrected chi connectivity index (χ3v) is 7.47. The summed E-state index contributed by atoms with van der Waals surface area (Å²) in [5, 5.41) is 0. The van der Waals surface area contributed by atoms with E-state index in [9.17, 15) is 9.59 Å². The number of rotatable bonds is 5.